The molecule has 0 spiro atoms. The number of hydrogen-bond donors (Lipinski definition) is 2. The van der Waals surface area contributed by atoms with E-state index in [1.54, 1.807) is 11.3 Å². The van der Waals surface area contributed by atoms with E-state index in [0.29, 0.717) is 6.54 Å². The van der Waals surface area contributed by atoms with E-state index in [-0.39, 0.29) is 0 Å². The SMILES string of the molecule is CCNC(=NCc1ccc(Br)s1)NCCc1ccccn1. The molecule has 0 aromatic carbocycles. The highest BCUT2D eigenvalue weighted by atomic mass is 79.9. The highest BCUT2D eigenvalue weighted by molar-refractivity contribution is 9.11. The van der Waals surface area contributed by atoms with Gasteiger partial charge in [-0.1, -0.05) is 6.07 Å². The molecule has 0 saturated carbocycles. The topological polar surface area (TPSA) is 49.3 Å². The van der Waals surface area contributed by atoms with Crippen molar-refractivity contribution in [2.75, 3.05) is 13.1 Å². The number of pyridine rings is 1. The monoisotopic (exact) mass is 366 g/mol. The third-order valence-electron chi connectivity index (χ3n) is 2.77. The molecule has 2 aromatic heterocycles. The van der Waals surface area contributed by atoms with Crippen LogP contribution in [0.15, 0.2) is 45.3 Å². The highest BCUT2D eigenvalue weighted by Gasteiger charge is 2.00. The van der Waals surface area contributed by atoms with E-state index in [9.17, 15) is 0 Å². The largest absolute Gasteiger partial charge is 0.357 e. The number of nitrogens with one attached hydrogen (secondary N) is 2. The van der Waals surface area contributed by atoms with Crippen LogP contribution in [-0.2, 0) is 13.0 Å². The Hall–Kier alpha value is -1.40. The summed E-state index contributed by atoms with van der Waals surface area (Å²) in [6, 6.07) is 10.1. The van der Waals surface area contributed by atoms with Gasteiger partial charge in [0.25, 0.3) is 0 Å². The summed E-state index contributed by atoms with van der Waals surface area (Å²) in [6.07, 6.45) is 2.71. The van der Waals surface area contributed by atoms with Crippen molar-refractivity contribution in [2.24, 2.45) is 4.99 Å². The molecule has 112 valence electrons. The molecule has 0 atom stereocenters. The summed E-state index contributed by atoms with van der Waals surface area (Å²) in [5.74, 6) is 0.845. The molecular formula is C15H19BrN4S. The number of nitrogens with zero attached hydrogens (tertiary/aromatic N) is 2. The van der Waals surface area contributed by atoms with Gasteiger partial charge < -0.3 is 10.6 Å². The Kier molecular flexibility index (Phi) is 6.69. The van der Waals surface area contributed by atoms with Gasteiger partial charge in [-0.2, -0.15) is 0 Å². The zero-order valence-corrected chi connectivity index (χ0v) is 14.4. The molecule has 4 nitrogen and oxygen atoms in total. The molecule has 0 fully saturated rings. The van der Waals surface area contributed by atoms with Gasteiger partial charge in [0.1, 0.15) is 0 Å². The number of guanidine groups is 1. The van der Waals surface area contributed by atoms with Crippen LogP contribution in [-0.4, -0.2) is 24.0 Å². The Labute approximate surface area is 137 Å². The van der Waals surface area contributed by atoms with Crippen LogP contribution in [0.4, 0.5) is 0 Å². The summed E-state index contributed by atoms with van der Waals surface area (Å²) in [5.41, 5.74) is 1.09. The van der Waals surface area contributed by atoms with Crippen molar-refractivity contribution in [1.29, 1.82) is 0 Å². The second-order valence-corrected chi connectivity index (χ2v) is 6.95. The Morgan fingerprint density at radius 3 is 2.86 bits per heavy atom. The first-order valence-corrected chi connectivity index (χ1v) is 8.55. The van der Waals surface area contributed by atoms with Gasteiger partial charge in [-0.3, -0.25) is 4.98 Å². The maximum atomic E-state index is 4.59. The minimum absolute atomic E-state index is 0.690. The molecule has 0 amide bonds. The van der Waals surface area contributed by atoms with Crippen LogP contribution >= 0.6 is 27.3 Å². The number of aliphatic imine (C=N–C) groups is 1. The summed E-state index contributed by atoms with van der Waals surface area (Å²) in [5, 5.41) is 6.60. The third kappa shape index (κ3) is 5.85. The van der Waals surface area contributed by atoms with Gasteiger partial charge in [0, 0.05) is 36.3 Å². The molecular weight excluding hydrogens is 348 g/mol. The van der Waals surface area contributed by atoms with Crippen LogP contribution in [0.1, 0.15) is 17.5 Å². The lowest BCUT2D eigenvalue weighted by molar-refractivity contribution is 0.789. The molecule has 0 unspecified atom stereocenters. The first kappa shape index (κ1) is 16.0. The first-order chi connectivity index (χ1) is 10.3. The normalized spacial score (nSPS) is 11.4. The zero-order valence-electron chi connectivity index (χ0n) is 12.0. The third-order valence-corrected chi connectivity index (χ3v) is 4.37. The van der Waals surface area contributed by atoms with Crippen molar-refractivity contribution < 1.29 is 0 Å². The maximum absolute atomic E-state index is 4.59. The number of aromatic nitrogens is 1. The molecule has 0 saturated heterocycles. The zero-order chi connectivity index (χ0) is 14.9. The lowest BCUT2D eigenvalue weighted by atomic mass is 10.3. The fraction of sp³-hybridized carbons (Fsp3) is 0.333. The lowest BCUT2D eigenvalue weighted by Gasteiger charge is -2.10. The fourth-order valence-electron chi connectivity index (χ4n) is 1.79. The Balaban J connectivity index is 1.83. The molecule has 0 bridgehead atoms. The summed E-state index contributed by atoms with van der Waals surface area (Å²) in [4.78, 5) is 10.1. The van der Waals surface area contributed by atoms with E-state index < -0.39 is 0 Å². The molecule has 2 rings (SSSR count). The quantitative estimate of drug-likeness (QED) is 0.609. The Bertz CT molecular complexity index is 568. The van der Waals surface area contributed by atoms with Gasteiger partial charge in [-0.25, -0.2) is 4.99 Å². The molecule has 2 aromatic rings. The van der Waals surface area contributed by atoms with Gasteiger partial charge >= 0.3 is 0 Å². The number of hydrogen-bond acceptors (Lipinski definition) is 3. The second-order valence-electron chi connectivity index (χ2n) is 4.40. The van der Waals surface area contributed by atoms with Crippen molar-refractivity contribution in [2.45, 2.75) is 19.9 Å². The van der Waals surface area contributed by atoms with Crippen molar-refractivity contribution >= 4 is 33.2 Å². The molecule has 2 heterocycles. The first-order valence-electron chi connectivity index (χ1n) is 6.94. The van der Waals surface area contributed by atoms with Gasteiger partial charge in [-0.15, -0.1) is 11.3 Å². The summed E-state index contributed by atoms with van der Waals surface area (Å²) >= 11 is 5.18. The predicted molar refractivity (Wildman–Crippen MR) is 92.8 cm³/mol. The van der Waals surface area contributed by atoms with Crippen molar-refractivity contribution in [3.8, 4) is 0 Å². The van der Waals surface area contributed by atoms with Crippen molar-refractivity contribution in [3.05, 3.63) is 50.9 Å². The van der Waals surface area contributed by atoms with Gasteiger partial charge in [0.05, 0.1) is 10.3 Å². The number of rotatable bonds is 6. The van der Waals surface area contributed by atoms with Gasteiger partial charge in [0.15, 0.2) is 5.96 Å². The fourth-order valence-corrected chi connectivity index (χ4v) is 3.20. The summed E-state index contributed by atoms with van der Waals surface area (Å²) < 4.78 is 1.14. The minimum Gasteiger partial charge on any atom is -0.357 e. The van der Waals surface area contributed by atoms with Crippen LogP contribution in [0.2, 0.25) is 0 Å². The maximum Gasteiger partial charge on any atom is 0.191 e. The Morgan fingerprint density at radius 1 is 1.29 bits per heavy atom. The number of thiophene rings is 1. The molecule has 0 aliphatic heterocycles. The van der Waals surface area contributed by atoms with Crippen LogP contribution in [0.3, 0.4) is 0 Å². The van der Waals surface area contributed by atoms with Crippen LogP contribution < -0.4 is 10.6 Å². The molecule has 21 heavy (non-hydrogen) atoms. The molecule has 0 aliphatic carbocycles. The van der Waals surface area contributed by atoms with E-state index in [4.69, 9.17) is 0 Å². The van der Waals surface area contributed by atoms with Crippen LogP contribution in [0.5, 0.6) is 0 Å². The average Bonchev–Trinajstić information content (AvgIpc) is 2.91. The van der Waals surface area contributed by atoms with E-state index in [1.807, 2.05) is 24.4 Å². The van der Waals surface area contributed by atoms with Crippen molar-refractivity contribution in [3.63, 3.8) is 0 Å². The second kappa shape index (κ2) is 8.79. The minimum atomic E-state index is 0.690. The highest BCUT2D eigenvalue weighted by Crippen LogP contribution is 2.22. The lowest BCUT2D eigenvalue weighted by Crippen LogP contribution is -2.38. The average molecular weight is 367 g/mol. The van der Waals surface area contributed by atoms with E-state index in [1.165, 1.54) is 4.88 Å². The van der Waals surface area contributed by atoms with Crippen LogP contribution in [0.25, 0.3) is 0 Å². The molecule has 6 heteroatoms. The Morgan fingerprint density at radius 2 is 2.19 bits per heavy atom. The predicted octanol–water partition coefficient (Wildman–Crippen LogP) is 3.20. The van der Waals surface area contributed by atoms with Gasteiger partial charge in [0.2, 0.25) is 0 Å². The van der Waals surface area contributed by atoms with Gasteiger partial charge in [-0.05, 0) is 47.1 Å². The van der Waals surface area contributed by atoms with E-state index in [0.717, 1.165) is 35.0 Å². The van der Waals surface area contributed by atoms with Crippen LogP contribution in [0, 0.1) is 0 Å². The summed E-state index contributed by atoms with van der Waals surface area (Å²) in [7, 11) is 0. The molecule has 0 radical (unpaired) electrons. The standard InChI is InChI=1S/C15H19BrN4S/c1-2-17-15(20-11-13-6-7-14(16)21-13)19-10-8-12-5-3-4-9-18-12/h3-7,9H,2,8,10-11H2,1H3,(H2,17,19,20). The summed E-state index contributed by atoms with van der Waals surface area (Å²) in [6.45, 7) is 4.42. The molecule has 0 aliphatic rings. The van der Waals surface area contributed by atoms with E-state index in [2.05, 4.69) is 55.6 Å². The van der Waals surface area contributed by atoms with Crippen molar-refractivity contribution in [1.82, 2.24) is 15.6 Å². The van der Waals surface area contributed by atoms with E-state index >= 15 is 0 Å². The smallest absolute Gasteiger partial charge is 0.191 e. The molecule has 2 N–H and O–H groups in total. The number of halogens is 1.